The molecule has 134 valence electrons. The van der Waals surface area contributed by atoms with Crippen molar-refractivity contribution in [2.45, 2.75) is 51.7 Å². The Hall–Kier alpha value is -2.06. The third-order valence-corrected chi connectivity index (χ3v) is 6.35. The van der Waals surface area contributed by atoms with Gasteiger partial charge in [-0.1, -0.05) is 42.3 Å². The second-order valence-corrected chi connectivity index (χ2v) is 8.08. The number of benzene rings is 2. The maximum absolute atomic E-state index is 6.21. The summed E-state index contributed by atoms with van der Waals surface area (Å²) in [5.41, 5.74) is 8.33. The molecule has 0 amide bonds. The average Bonchev–Trinajstić information content (AvgIpc) is 2.84. The standard InChI is InChI=1S/C24H27NO/c1-17-9-12-23-22(14-17)24(21-8-3-2-6-19(21)16-26-23)18-10-11-20-7-4-5-13-25(20)15-18/h2-3,6,8-9,12,14,20H,4-5,7,10-11,13,15-16H2,1H3/b24-18+. The van der Waals surface area contributed by atoms with Crippen molar-refractivity contribution in [3.8, 4) is 5.75 Å². The molecule has 0 N–H and O–H groups in total. The minimum Gasteiger partial charge on any atom is -0.488 e. The van der Waals surface area contributed by atoms with Crippen LogP contribution in [0.3, 0.4) is 0 Å². The highest BCUT2D eigenvalue weighted by molar-refractivity contribution is 5.87. The molecule has 2 heteroatoms. The fourth-order valence-corrected chi connectivity index (χ4v) is 5.00. The van der Waals surface area contributed by atoms with Crippen molar-refractivity contribution in [3.63, 3.8) is 0 Å². The second kappa shape index (κ2) is 6.59. The van der Waals surface area contributed by atoms with E-state index in [0.29, 0.717) is 6.61 Å². The number of ether oxygens (including phenoxy) is 1. The summed E-state index contributed by atoms with van der Waals surface area (Å²) in [6, 6.07) is 16.3. The van der Waals surface area contributed by atoms with Gasteiger partial charge in [-0.3, -0.25) is 4.90 Å². The molecule has 1 atom stereocenters. The van der Waals surface area contributed by atoms with Crippen LogP contribution in [0, 0.1) is 6.92 Å². The third kappa shape index (κ3) is 2.77. The fourth-order valence-electron chi connectivity index (χ4n) is 5.00. The van der Waals surface area contributed by atoms with Crippen LogP contribution in [-0.4, -0.2) is 24.0 Å². The summed E-state index contributed by atoms with van der Waals surface area (Å²) in [5.74, 6) is 1.04. The predicted octanol–water partition coefficient (Wildman–Crippen LogP) is 5.34. The Labute approximate surface area is 156 Å². The lowest BCUT2D eigenvalue weighted by Gasteiger charge is -2.41. The number of hydrogen-bond acceptors (Lipinski definition) is 2. The van der Waals surface area contributed by atoms with Crippen molar-refractivity contribution in [1.82, 2.24) is 4.90 Å². The summed E-state index contributed by atoms with van der Waals surface area (Å²) in [7, 11) is 0. The minimum absolute atomic E-state index is 0.662. The van der Waals surface area contributed by atoms with Gasteiger partial charge in [-0.2, -0.15) is 0 Å². The fraction of sp³-hybridized carbons (Fsp3) is 0.417. The monoisotopic (exact) mass is 345 g/mol. The molecule has 3 heterocycles. The van der Waals surface area contributed by atoms with Gasteiger partial charge in [-0.25, -0.2) is 0 Å². The van der Waals surface area contributed by atoms with Crippen LogP contribution in [-0.2, 0) is 6.61 Å². The summed E-state index contributed by atoms with van der Waals surface area (Å²) in [4.78, 5) is 2.74. The molecular weight excluding hydrogens is 318 g/mol. The molecule has 3 aliphatic heterocycles. The zero-order valence-corrected chi connectivity index (χ0v) is 15.6. The van der Waals surface area contributed by atoms with Gasteiger partial charge in [-0.05, 0) is 73.6 Å². The molecule has 0 radical (unpaired) electrons. The lowest BCUT2D eigenvalue weighted by Crippen LogP contribution is -2.43. The highest BCUT2D eigenvalue weighted by atomic mass is 16.5. The quantitative estimate of drug-likeness (QED) is 0.639. The maximum atomic E-state index is 6.21. The Bertz CT molecular complexity index is 866. The molecule has 2 saturated heterocycles. The molecule has 0 spiro atoms. The van der Waals surface area contributed by atoms with E-state index in [9.17, 15) is 0 Å². The van der Waals surface area contributed by atoms with Crippen LogP contribution < -0.4 is 4.74 Å². The van der Waals surface area contributed by atoms with E-state index in [2.05, 4.69) is 54.3 Å². The van der Waals surface area contributed by atoms with E-state index < -0.39 is 0 Å². The molecule has 3 aliphatic rings. The first-order chi connectivity index (χ1) is 12.8. The van der Waals surface area contributed by atoms with Crippen molar-refractivity contribution in [3.05, 3.63) is 70.3 Å². The van der Waals surface area contributed by atoms with Gasteiger partial charge in [0.15, 0.2) is 0 Å². The van der Waals surface area contributed by atoms with Crippen molar-refractivity contribution in [2.75, 3.05) is 13.1 Å². The highest BCUT2D eigenvalue weighted by Gasteiger charge is 2.30. The van der Waals surface area contributed by atoms with E-state index in [4.69, 9.17) is 4.74 Å². The van der Waals surface area contributed by atoms with E-state index in [1.54, 1.807) is 5.57 Å². The van der Waals surface area contributed by atoms with Crippen molar-refractivity contribution in [1.29, 1.82) is 0 Å². The lowest BCUT2D eigenvalue weighted by molar-refractivity contribution is 0.133. The molecule has 0 aliphatic carbocycles. The smallest absolute Gasteiger partial charge is 0.127 e. The van der Waals surface area contributed by atoms with Gasteiger partial charge >= 0.3 is 0 Å². The Morgan fingerprint density at radius 3 is 2.88 bits per heavy atom. The van der Waals surface area contributed by atoms with Crippen molar-refractivity contribution in [2.24, 2.45) is 0 Å². The third-order valence-electron chi connectivity index (χ3n) is 6.35. The van der Waals surface area contributed by atoms with Gasteiger partial charge in [0.25, 0.3) is 0 Å². The molecule has 2 aromatic rings. The summed E-state index contributed by atoms with van der Waals surface area (Å²) < 4.78 is 6.21. The van der Waals surface area contributed by atoms with E-state index in [0.717, 1.165) is 18.3 Å². The first kappa shape index (κ1) is 16.1. The molecule has 0 saturated carbocycles. The van der Waals surface area contributed by atoms with Crippen LogP contribution >= 0.6 is 0 Å². The zero-order chi connectivity index (χ0) is 17.5. The van der Waals surface area contributed by atoms with Crippen LogP contribution in [0.4, 0.5) is 0 Å². The van der Waals surface area contributed by atoms with E-state index in [1.165, 1.54) is 66.5 Å². The number of aryl methyl sites for hydroxylation is 1. The molecule has 2 nitrogen and oxygen atoms in total. The number of piperidine rings is 2. The largest absolute Gasteiger partial charge is 0.488 e. The molecule has 2 aromatic carbocycles. The minimum atomic E-state index is 0.662. The topological polar surface area (TPSA) is 12.5 Å². The van der Waals surface area contributed by atoms with E-state index >= 15 is 0 Å². The molecular formula is C24H27NO. The number of fused-ring (bicyclic) bond motifs is 3. The van der Waals surface area contributed by atoms with E-state index in [-0.39, 0.29) is 0 Å². The normalized spacial score (nSPS) is 25.5. The van der Waals surface area contributed by atoms with Crippen LogP contribution in [0.1, 0.15) is 54.4 Å². The van der Waals surface area contributed by atoms with Gasteiger partial charge in [0.1, 0.15) is 12.4 Å². The van der Waals surface area contributed by atoms with Crippen LogP contribution in [0.2, 0.25) is 0 Å². The van der Waals surface area contributed by atoms with E-state index in [1.807, 2.05) is 0 Å². The van der Waals surface area contributed by atoms with Gasteiger partial charge in [0.05, 0.1) is 0 Å². The Kier molecular flexibility index (Phi) is 4.09. The first-order valence-corrected chi connectivity index (χ1v) is 10.1. The Morgan fingerprint density at radius 1 is 1.00 bits per heavy atom. The van der Waals surface area contributed by atoms with Crippen molar-refractivity contribution >= 4 is 5.57 Å². The summed E-state index contributed by atoms with van der Waals surface area (Å²) in [6.45, 7) is 5.23. The molecule has 0 bridgehead atoms. The summed E-state index contributed by atoms with van der Waals surface area (Å²) in [5, 5.41) is 0. The van der Waals surface area contributed by atoms with Gasteiger partial charge < -0.3 is 4.74 Å². The zero-order valence-electron chi connectivity index (χ0n) is 15.6. The first-order valence-electron chi connectivity index (χ1n) is 10.1. The molecule has 26 heavy (non-hydrogen) atoms. The predicted molar refractivity (Wildman–Crippen MR) is 106 cm³/mol. The number of hydrogen-bond donors (Lipinski definition) is 0. The molecule has 1 unspecified atom stereocenters. The molecule has 5 rings (SSSR count). The van der Waals surface area contributed by atoms with Gasteiger partial charge in [-0.15, -0.1) is 0 Å². The SMILES string of the molecule is Cc1ccc2c(c1)/C(=C1\CCC3CCCCN3C1)c1ccccc1CO2. The summed E-state index contributed by atoms with van der Waals surface area (Å²) in [6.07, 6.45) is 6.68. The number of rotatable bonds is 0. The van der Waals surface area contributed by atoms with Crippen LogP contribution in [0.25, 0.3) is 5.57 Å². The summed E-state index contributed by atoms with van der Waals surface area (Å²) >= 11 is 0. The van der Waals surface area contributed by atoms with Crippen LogP contribution in [0.5, 0.6) is 5.75 Å². The second-order valence-electron chi connectivity index (χ2n) is 8.08. The lowest BCUT2D eigenvalue weighted by atomic mass is 9.83. The Morgan fingerprint density at radius 2 is 1.92 bits per heavy atom. The average molecular weight is 345 g/mol. The van der Waals surface area contributed by atoms with Gasteiger partial charge in [0, 0.05) is 18.2 Å². The van der Waals surface area contributed by atoms with Crippen molar-refractivity contribution < 1.29 is 4.74 Å². The molecule has 0 aromatic heterocycles. The Balaban J connectivity index is 1.68. The van der Waals surface area contributed by atoms with Crippen LogP contribution in [0.15, 0.2) is 48.0 Å². The maximum Gasteiger partial charge on any atom is 0.127 e. The van der Waals surface area contributed by atoms with Gasteiger partial charge in [0.2, 0.25) is 0 Å². The molecule has 2 fully saturated rings. The highest BCUT2D eigenvalue weighted by Crippen LogP contribution is 2.42. The number of nitrogens with zero attached hydrogens (tertiary/aromatic N) is 1.